The summed E-state index contributed by atoms with van der Waals surface area (Å²) in [5, 5.41) is 10.4. The van der Waals surface area contributed by atoms with Crippen LogP contribution >= 0.6 is 0 Å². The molecule has 3 heterocycles. The number of carboxylic acid groups (broad SMARTS) is 1. The first-order valence-corrected chi connectivity index (χ1v) is 16.9. The third-order valence-corrected chi connectivity index (χ3v) is 12.7. The molecule has 5 unspecified atom stereocenters. The molecule has 4 bridgehead atoms. The number of rotatable bonds is 9. The molecule has 3 saturated heterocycles. The van der Waals surface area contributed by atoms with E-state index in [2.05, 4.69) is 70.5 Å². The SMILES string of the molecule is CC12C(=O)OC(C(=O)O)(CC1C(CCN1CCN3C[C@@H]1CC[C@H]3C(c1ccccc1)c1ccccc1)c1ccc(F)cc1)C2(C)C. The topological polar surface area (TPSA) is 70.1 Å². The lowest BCUT2D eigenvalue weighted by Crippen LogP contribution is -2.60. The molecule has 7 rings (SSSR count). The second-order valence-corrected chi connectivity index (χ2v) is 14.7. The second-order valence-electron chi connectivity index (χ2n) is 14.7. The lowest BCUT2D eigenvalue weighted by Gasteiger charge is -2.51. The van der Waals surface area contributed by atoms with Crippen molar-refractivity contribution in [2.75, 3.05) is 26.2 Å². The molecule has 1 N–H and O–H groups in total. The zero-order chi connectivity index (χ0) is 32.3. The average Bonchev–Trinajstić information content (AvgIpc) is 3.33. The minimum atomic E-state index is -1.56. The molecule has 242 valence electrons. The van der Waals surface area contributed by atoms with Crippen molar-refractivity contribution in [3.63, 3.8) is 0 Å². The summed E-state index contributed by atoms with van der Waals surface area (Å²) in [5.74, 6) is -1.83. The Morgan fingerprint density at radius 3 is 2.13 bits per heavy atom. The van der Waals surface area contributed by atoms with E-state index in [1.807, 2.05) is 32.9 Å². The summed E-state index contributed by atoms with van der Waals surface area (Å²) >= 11 is 0. The lowest BCUT2D eigenvalue weighted by atomic mass is 9.61. The fourth-order valence-corrected chi connectivity index (χ4v) is 9.72. The molecule has 0 radical (unpaired) electrons. The molecule has 6 nitrogen and oxygen atoms in total. The number of benzene rings is 3. The Kier molecular flexibility index (Phi) is 7.84. The van der Waals surface area contributed by atoms with Gasteiger partial charge in [-0.25, -0.2) is 9.18 Å². The molecule has 3 aromatic rings. The van der Waals surface area contributed by atoms with E-state index in [0.29, 0.717) is 18.0 Å². The molecule has 4 aliphatic rings. The van der Waals surface area contributed by atoms with Crippen molar-refractivity contribution >= 4 is 11.9 Å². The Balaban J connectivity index is 1.11. The van der Waals surface area contributed by atoms with Gasteiger partial charge in [0.15, 0.2) is 0 Å². The standard InChI is InChI=1S/C39H45FN2O4/c1-37(2)38(3)32(24-39(37,35(43)44)46-36(38)45)31(26-14-16-29(40)17-15-26)20-21-41-22-23-42-25-30(41)18-19-33(42)34(27-10-6-4-7-11-27)28-12-8-5-9-13-28/h4-17,30-34H,18-25H2,1-3H3,(H,43,44)/t30-,31?,32?,33-,38?,39?/m0/s1. The maximum Gasteiger partial charge on any atom is 0.348 e. The Morgan fingerprint density at radius 2 is 1.54 bits per heavy atom. The predicted octanol–water partition coefficient (Wildman–Crippen LogP) is 6.71. The number of halogens is 1. The summed E-state index contributed by atoms with van der Waals surface area (Å²) in [6.07, 6.45) is 3.25. The summed E-state index contributed by atoms with van der Waals surface area (Å²) in [5.41, 5.74) is 0.276. The van der Waals surface area contributed by atoms with E-state index in [-0.39, 0.29) is 24.1 Å². The van der Waals surface area contributed by atoms with Crippen LogP contribution in [0.5, 0.6) is 0 Å². The van der Waals surface area contributed by atoms with Crippen LogP contribution in [0.4, 0.5) is 4.39 Å². The van der Waals surface area contributed by atoms with Gasteiger partial charge in [0.05, 0.1) is 5.41 Å². The van der Waals surface area contributed by atoms with Gasteiger partial charge in [0.1, 0.15) is 5.82 Å². The number of ether oxygens (including phenoxy) is 1. The van der Waals surface area contributed by atoms with Crippen molar-refractivity contribution in [3.05, 3.63) is 107 Å². The number of fused-ring (bicyclic) bond motifs is 4. The zero-order valence-corrected chi connectivity index (χ0v) is 27.1. The number of carbonyl (C=O) groups is 2. The van der Waals surface area contributed by atoms with E-state index in [0.717, 1.165) is 51.0 Å². The van der Waals surface area contributed by atoms with E-state index >= 15 is 0 Å². The largest absolute Gasteiger partial charge is 0.478 e. The molecular formula is C39H45FN2O4. The third kappa shape index (κ3) is 4.72. The lowest BCUT2D eigenvalue weighted by molar-refractivity contribution is -0.181. The maximum atomic E-state index is 14.1. The van der Waals surface area contributed by atoms with E-state index in [1.54, 1.807) is 0 Å². The number of aliphatic carboxylic acids is 1. The number of carboxylic acids is 1. The van der Waals surface area contributed by atoms with Crippen LogP contribution in [0.15, 0.2) is 84.9 Å². The summed E-state index contributed by atoms with van der Waals surface area (Å²) < 4.78 is 19.8. The van der Waals surface area contributed by atoms with Gasteiger partial charge in [-0.3, -0.25) is 14.6 Å². The van der Waals surface area contributed by atoms with E-state index in [9.17, 15) is 19.1 Å². The van der Waals surface area contributed by atoms with Crippen LogP contribution in [0.3, 0.4) is 0 Å². The van der Waals surface area contributed by atoms with Crippen LogP contribution in [0.25, 0.3) is 0 Å². The first-order valence-electron chi connectivity index (χ1n) is 16.9. The molecule has 0 aromatic heterocycles. The van der Waals surface area contributed by atoms with Crippen molar-refractivity contribution in [3.8, 4) is 0 Å². The van der Waals surface area contributed by atoms with Gasteiger partial charge in [0.25, 0.3) is 0 Å². The molecule has 3 aromatic carbocycles. The summed E-state index contributed by atoms with van der Waals surface area (Å²) in [7, 11) is 0. The van der Waals surface area contributed by atoms with Crippen molar-refractivity contribution in [2.24, 2.45) is 16.7 Å². The van der Waals surface area contributed by atoms with Gasteiger partial charge < -0.3 is 9.84 Å². The van der Waals surface area contributed by atoms with Crippen molar-refractivity contribution < 1.29 is 23.8 Å². The molecular weight excluding hydrogens is 579 g/mol. The third-order valence-electron chi connectivity index (χ3n) is 12.7. The van der Waals surface area contributed by atoms with Crippen molar-refractivity contribution in [1.29, 1.82) is 0 Å². The maximum absolute atomic E-state index is 14.1. The highest BCUT2D eigenvalue weighted by Gasteiger charge is 2.80. The number of esters is 1. The normalized spacial score (nSPS) is 32.3. The number of hydrogen-bond acceptors (Lipinski definition) is 5. The number of nitrogens with zero attached hydrogens (tertiary/aromatic N) is 2. The number of hydrogen-bond donors (Lipinski definition) is 1. The summed E-state index contributed by atoms with van der Waals surface area (Å²) in [4.78, 5) is 31.4. The van der Waals surface area contributed by atoms with Crippen molar-refractivity contribution in [1.82, 2.24) is 9.80 Å². The number of piperidine rings is 1. The monoisotopic (exact) mass is 624 g/mol. The highest BCUT2D eigenvalue weighted by Crippen LogP contribution is 2.71. The second kappa shape index (κ2) is 11.6. The molecule has 7 atom stereocenters. The van der Waals surface area contributed by atoms with Crippen LogP contribution in [0.1, 0.15) is 75.0 Å². The fourth-order valence-electron chi connectivity index (χ4n) is 9.72. The molecule has 46 heavy (non-hydrogen) atoms. The van der Waals surface area contributed by atoms with E-state index < -0.39 is 28.4 Å². The molecule has 4 fully saturated rings. The zero-order valence-electron chi connectivity index (χ0n) is 27.1. The average molecular weight is 625 g/mol. The molecule has 7 heteroatoms. The predicted molar refractivity (Wildman–Crippen MR) is 175 cm³/mol. The van der Waals surface area contributed by atoms with Gasteiger partial charge in [0, 0.05) is 49.5 Å². The van der Waals surface area contributed by atoms with Crippen LogP contribution in [0, 0.1) is 22.6 Å². The van der Waals surface area contributed by atoms with Crippen LogP contribution in [0.2, 0.25) is 0 Å². The fraction of sp³-hybridized carbons (Fsp3) is 0.487. The first kappa shape index (κ1) is 31.1. The highest BCUT2D eigenvalue weighted by atomic mass is 19.1. The molecule has 3 aliphatic heterocycles. The Hall–Kier alpha value is -3.55. The Morgan fingerprint density at radius 1 is 0.913 bits per heavy atom. The van der Waals surface area contributed by atoms with Crippen LogP contribution in [-0.4, -0.2) is 70.7 Å². The Bertz CT molecular complexity index is 1540. The number of carbonyl (C=O) groups excluding carboxylic acids is 1. The van der Waals surface area contributed by atoms with Gasteiger partial charge in [-0.2, -0.15) is 0 Å². The van der Waals surface area contributed by atoms with E-state index in [1.165, 1.54) is 23.3 Å². The summed E-state index contributed by atoms with van der Waals surface area (Å²) in [6, 6.07) is 29.2. The first-order chi connectivity index (χ1) is 22.1. The summed E-state index contributed by atoms with van der Waals surface area (Å²) in [6.45, 7) is 9.43. The van der Waals surface area contributed by atoms with Gasteiger partial charge >= 0.3 is 11.9 Å². The van der Waals surface area contributed by atoms with Crippen LogP contribution < -0.4 is 0 Å². The van der Waals surface area contributed by atoms with Crippen LogP contribution in [-0.2, 0) is 14.3 Å². The minimum absolute atomic E-state index is 0.103. The molecule has 0 amide bonds. The van der Waals surface area contributed by atoms with Gasteiger partial charge in [-0.1, -0.05) is 86.6 Å². The Labute approximate surface area is 271 Å². The highest BCUT2D eigenvalue weighted by molar-refractivity contribution is 5.93. The number of piperazine rings is 1. The van der Waals surface area contributed by atoms with Gasteiger partial charge in [-0.05, 0) is 73.4 Å². The molecule has 0 spiro atoms. The van der Waals surface area contributed by atoms with E-state index in [4.69, 9.17) is 4.74 Å². The molecule has 1 aliphatic carbocycles. The van der Waals surface area contributed by atoms with Crippen molar-refractivity contribution in [2.45, 2.75) is 76.0 Å². The van der Waals surface area contributed by atoms with Gasteiger partial charge in [-0.15, -0.1) is 0 Å². The minimum Gasteiger partial charge on any atom is -0.478 e. The quantitative estimate of drug-likeness (QED) is 0.267. The van der Waals surface area contributed by atoms with Gasteiger partial charge in [0.2, 0.25) is 5.60 Å². The molecule has 1 saturated carbocycles. The smallest absolute Gasteiger partial charge is 0.348 e.